The van der Waals surface area contributed by atoms with Gasteiger partial charge >= 0.3 is 0 Å². The third-order valence-electron chi connectivity index (χ3n) is 4.02. The van der Waals surface area contributed by atoms with E-state index >= 15 is 0 Å². The van der Waals surface area contributed by atoms with Crippen LogP contribution in [0.4, 0.5) is 5.69 Å². The molecule has 0 fully saturated rings. The second-order valence-corrected chi connectivity index (χ2v) is 5.71. The van der Waals surface area contributed by atoms with Gasteiger partial charge in [-0.1, -0.05) is 18.2 Å². The second-order valence-electron chi connectivity index (χ2n) is 5.71. The van der Waals surface area contributed by atoms with Crippen LogP contribution in [0.25, 0.3) is 21.7 Å². The largest absolute Gasteiger partial charge is 0.361 e. The summed E-state index contributed by atoms with van der Waals surface area (Å²) in [6.45, 7) is -0.276. The molecule has 25 heavy (non-hydrogen) atoms. The van der Waals surface area contributed by atoms with Crippen LogP contribution in [0.3, 0.4) is 0 Å². The van der Waals surface area contributed by atoms with E-state index in [1.165, 1.54) is 0 Å². The Morgan fingerprint density at radius 3 is 2.68 bits per heavy atom. The van der Waals surface area contributed by atoms with Crippen LogP contribution in [0, 0.1) is 0 Å². The van der Waals surface area contributed by atoms with Crippen molar-refractivity contribution in [1.29, 1.82) is 0 Å². The highest BCUT2D eigenvalue weighted by molar-refractivity contribution is 5.93. The van der Waals surface area contributed by atoms with Crippen LogP contribution in [-0.4, -0.2) is 20.7 Å². The van der Waals surface area contributed by atoms with E-state index in [-0.39, 0.29) is 11.9 Å². The molecule has 4 aromatic rings. The van der Waals surface area contributed by atoms with Gasteiger partial charge in [-0.25, -0.2) is 4.68 Å². The van der Waals surface area contributed by atoms with Gasteiger partial charge in [0.25, 0.3) is 11.1 Å². The Morgan fingerprint density at radius 1 is 1.04 bits per heavy atom. The summed E-state index contributed by atoms with van der Waals surface area (Å²) in [5.41, 5.74) is 0.686. The number of amides is 1. The topological polar surface area (TPSA) is 99.8 Å². The Morgan fingerprint density at radius 2 is 1.84 bits per heavy atom. The molecule has 3 N–H and O–H groups in total. The van der Waals surface area contributed by atoms with Crippen molar-refractivity contribution >= 4 is 33.3 Å². The molecule has 0 unspecified atom stereocenters. The minimum atomic E-state index is -0.412. The van der Waals surface area contributed by atoms with Crippen molar-refractivity contribution < 1.29 is 4.79 Å². The predicted octanol–water partition coefficient (Wildman–Crippen LogP) is 1.81. The molecule has 0 aliphatic heterocycles. The quantitative estimate of drug-likeness (QED) is 0.533. The van der Waals surface area contributed by atoms with Crippen molar-refractivity contribution in [3.63, 3.8) is 0 Å². The molecule has 0 saturated carbocycles. The lowest BCUT2D eigenvalue weighted by Gasteiger charge is -2.08. The molecule has 2 aromatic carbocycles. The Labute approximate surface area is 140 Å². The first-order valence-electron chi connectivity index (χ1n) is 7.71. The maximum absolute atomic E-state index is 12.4. The zero-order valence-corrected chi connectivity index (χ0v) is 13.1. The molecular formula is C18H14N4O3. The number of H-pyrrole nitrogens is 2. The van der Waals surface area contributed by atoms with Gasteiger partial charge < -0.3 is 10.3 Å². The van der Waals surface area contributed by atoms with Crippen LogP contribution in [-0.2, 0) is 11.3 Å². The monoisotopic (exact) mass is 334 g/mol. The molecule has 0 spiro atoms. The fourth-order valence-corrected chi connectivity index (χ4v) is 2.83. The van der Waals surface area contributed by atoms with Gasteiger partial charge in [0.1, 0.15) is 6.54 Å². The van der Waals surface area contributed by atoms with Gasteiger partial charge in [0.2, 0.25) is 5.91 Å². The number of benzene rings is 2. The van der Waals surface area contributed by atoms with Crippen molar-refractivity contribution in [2.75, 3.05) is 5.32 Å². The first kappa shape index (κ1) is 14.9. The lowest BCUT2D eigenvalue weighted by Crippen LogP contribution is -2.34. The van der Waals surface area contributed by atoms with Gasteiger partial charge in [0.15, 0.2) is 0 Å². The van der Waals surface area contributed by atoms with Crippen LogP contribution < -0.4 is 16.4 Å². The van der Waals surface area contributed by atoms with E-state index in [0.29, 0.717) is 11.1 Å². The standard InChI is InChI=1S/C18H14N4O3/c23-16(20-12-6-5-11-7-8-19-15(11)9-12)10-22-18(25)14-4-2-1-3-13(14)17(24)21-22/h1-9,19H,10H2,(H,20,23)(H,21,24). The number of aromatic nitrogens is 3. The number of rotatable bonds is 3. The van der Waals surface area contributed by atoms with Crippen LogP contribution >= 0.6 is 0 Å². The summed E-state index contributed by atoms with van der Waals surface area (Å²) in [6, 6.07) is 13.9. The third kappa shape index (κ3) is 2.72. The Balaban J connectivity index is 1.62. The van der Waals surface area contributed by atoms with E-state index in [0.717, 1.165) is 15.6 Å². The number of anilines is 1. The van der Waals surface area contributed by atoms with E-state index in [9.17, 15) is 14.4 Å². The third-order valence-corrected chi connectivity index (χ3v) is 4.02. The van der Waals surface area contributed by atoms with Gasteiger partial charge in [0.05, 0.1) is 10.8 Å². The first-order chi connectivity index (χ1) is 12.1. The molecule has 4 rings (SSSR count). The minimum absolute atomic E-state index is 0.276. The molecule has 124 valence electrons. The molecule has 0 aliphatic rings. The zero-order chi connectivity index (χ0) is 17.4. The van der Waals surface area contributed by atoms with E-state index < -0.39 is 17.0 Å². The molecule has 0 aliphatic carbocycles. The molecule has 7 nitrogen and oxygen atoms in total. The molecule has 0 bridgehead atoms. The maximum atomic E-state index is 12.4. The minimum Gasteiger partial charge on any atom is -0.361 e. The number of aromatic amines is 2. The van der Waals surface area contributed by atoms with E-state index in [1.807, 2.05) is 18.3 Å². The van der Waals surface area contributed by atoms with Crippen molar-refractivity contribution in [2.24, 2.45) is 0 Å². The Hall–Kier alpha value is -3.61. The lowest BCUT2D eigenvalue weighted by atomic mass is 10.2. The van der Waals surface area contributed by atoms with Crippen LogP contribution in [0.1, 0.15) is 0 Å². The molecule has 0 radical (unpaired) electrons. The summed E-state index contributed by atoms with van der Waals surface area (Å²) in [5.74, 6) is -0.404. The average molecular weight is 334 g/mol. The summed E-state index contributed by atoms with van der Waals surface area (Å²) in [7, 11) is 0. The van der Waals surface area contributed by atoms with Crippen LogP contribution in [0.2, 0.25) is 0 Å². The maximum Gasteiger partial charge on any atom is 0.273 e. The molecule has 1 amide bonds. The van der Waals surface area contributed by atoms with Crippen LogP contribution in [0.15, 0.2) is 64.3 Å². The number of fused-ring (bicyclic) bond motifs is 2. The highest BCUT2D eigenvalue weighted by atomic mass is 16.2. The van der Waals surface area contributed by atoms with Gasteiger partial charge in [-0.2, -0.15) is 0 Å². The number of nitrogens with one attached hydrogen (secondary N) is 3. The van der Waals surface area contributed by atoms with Gasteiger partial charge in [-0.05, 0) is 35.7 Å². The van der Waals surface area contributed by atoms with E-state index in [2.05, 4.69) is 15.4 Å². The number of carbonyl (C=O) groups is 1. The highest BCUT2D eigenvalue weighted by Gasteiger charge is 2.10. The van der Waals surface area contributed by atoms with Gasteiger partial charge in [-0.15, -0.1) is 0 Å². The van der Waals surface area contributed by atoms with Crippen molar-refractivity contribution in [1.82, 2.24) is 14.8 Å². The molecule has 2 heterocycles. The summed E-state index contributed by atoms with van der Waals surface area (Å²) in [5, 5.41) is 6.79. The zero-order valence-electron chi connectivity index (χ0n) is 13.1. The average Bonchev–Trinajstić information content (AvgIpc) is 3.07. The smallest absolute Gasteiger partial charge is 0.273 e. The normalized spacial score (nSPS) is 11.0. The van der Waals surface area contributed by atoms with Crippen molar-refractivity contribution in [2.45, 2.75) is 6.54 Å². The molecular weight excluding hydrogens is 320 g/mol. The van der Waals surface area contributed by atoms with Gasteiger partial charge in [0, 0.05) is 17.4 Å². The second kappa shape index (κ2) is 5.79. The van der Waals surface area contributed by atoms with Crippen LogP contribution in [0.5, 0.6) is 0 Å². The molecule has 7 heteroatoms. The fourth-order valence-electron chi connectivity index (χ4n) is 2.83. The number of hydrogen-bond donors (Lipinski definition) is 3. The Kier molecular flexibility index (Phi) is 3.46. The van der Waals surface area contributed by atoms with E-state index in [1.54, 1.807) is 36.4 Å². The number of hydrogen-bond acceptors (Lipinski definition) is 3. The summed E-state index contributed by atoms with van der Waals surface area (Å²) < 4.78 is 1.02. The van der Waals surface area contributed by atoms with Gasteiger partial charge in [-0.3, -0.25) is 19.5 Å². The summed E-state index contributed by atoms with van der Waals surface area (Å²) >= 11 is 0. The van der Waals surface area contributed by atoms with Crippen molar-refractivity contribution in [3.8, 4) is 0 Å². The summed E-state index contributed by atoms with van der Waals surface area (Å²) in [4.78, 5) is 39.8. The first-order valence-corrected chi connectivity index (χ1v) is 7.71. The fraction of sp³-hybridized carbons (Fsp3) is 0.0556. The highest BCUT2D eigenvalue weighted by Crippen LogP contribution is 2.17. The Bertz CT molecular complexity index is 1220. The number of nitrogens with zero attached hydrogens (tertiary/aromatic N) is 1. The molecule has 0 saturated heterocycles. The predicted molar refractivity (Wildman–Crippen MR) is 95.8 cm³/mol. The lowest BCUT2D eigenvalue weighted by molar-refractivity contribution is -0.117. The summed E-state index contributed by atoms with van der Waals surface area (Å²) in [6.07, 6.45) is 1.82. The van der Waals surface area contributed by atoms with Crippen molar-refractivity contribution in [3.05, 3.63) is 75.4 Å². The van der Waals surface area contributed by atoms with E-state index in [4.69, 9.17) is 0 Å². The molecule has 2 aromatic heterocycles. The number of carbonyl (C=O) groups excluding carboxylic acids is 1. The molecule has 0 atom stereocenters. The SMILES string of the molecule is O=C(Cn1[nH]c(=O)c2ccccc2c1=O)Nc1ccc2cc[nH]c2c1.